The Kier molecular flexibility index (Phi) is 4.02. The van der Waals surface area contributed by atoms with Gasteiger partial charge in [-0.2, -0.15) is 0 Å². The summed E-state index contributed by atoms with van der Waals surface area (Å²) in [5, 5.41) is 2.99. The molecule has 18 heavy (non-hydrogen) atoms. The van der Waals surface area contributed by atoms with Crippen LogP contribution in [0.1, 0.15) is 30.9 Å². The van der Waals surface area contributed by atoms with Crippen molar-refractivity contribution in [3.05, 3.63) is 35.4 Å². The number of aryl methyl sites for hydroxylation is 1. The topological polar surface area (TPSA) is 55.1 Å². The van der Waals surface area contributed by atoms with Crippen molar-refractivity contribution in [3.8, 4) is 0 Å². The summed E-state index contributed by atoms with van der Waals surface area (Å²) in [7, 11) is 0. The molecule has 0 spiro atoms. The van der Waals surface area contributed by atoms with Gasteiger partial charge in [0.25, 0.3) is 0 Å². The van der Waals surface area contributed by atoms with Gasteiger partial charge in [0.05, 0.1) is 6.42 Å². The summed E-state index contributed by atoms with van der Waals surface area (Å²) in [4.78, 5) is 11.8. The molecule has 3 heteroatoms. The summed E-state index contributed by atoms with van der Waals surface area (Å²) in [6, 6.07) is 8.25. The van der Waals surface area contributed by atoms with Crippen LogP contribution >= 0.6 is 0 Å². The van der Waals surface area contributed by atoms with E-state index in [1.807, 2.05) is 12.1 Å². The van der Waals surface area contributed by atoms with Crippen molar-refractivity contribution in [2.24, 2.45) is 11.1 Å². The molecule has 0 aliphatic heterocycles. The van der Waals surface area contributed by atoms with Crippen LogP contribution in [0.5, 0.6) is 0 Å². The first kappa shape index (κ1) is 13.1. The Morgan fingerprint density at radius 1 is 1.28 bits per heavy atom. The molecule has 2 rings (SSSR count). The normalized spacial score (nSPS) is 16.3. The molecule has 1 amide bonds. The van der Waals surface area contributed by atoms with Gasteiger partial charge >= 0.3 is 0 Å². The third-order valence-electron chi connectivity index (χ3n) is 3.85. The number of carbonyl (C=O) groups excluding carboxylic acids is 1. The van der Waals surface area contributed by atoms with Crippen LogP contribution in [0, 0.1) is 5.41 Å². The van der Waals surface area contributed by atoms with Crippen molar-refractivity contribution in [3.63, 3.8) is 0 Å². The number of benzene rings is 1. The molecule has 0 saturated heterocycles. The minimum atomic E-state index is 0.0963. The quantitative estimate of drug-likeness (QED) is 0.802. The Bertz CT molecular complexity index is 407. The van der Waals surface area contributed by atoms with Crippen LogP contribution in [-0.4, -0.2) is 19.0 Å². The average Bonchev–Trinajstić information content (AvgIpc) is 3.18. The van der Waals surface area contributed by atoms with Crippen LogP contribution in [0.15, 0.2) is 24.3 Å². The first-order chi connectivity index (χ1) is 8.67. The lowest BCUT2D eigenvalue weighted by molar-refractivity contribution is -0.120. The fourth-order valence-electron chi connectivity index (χ4n) is 2.06. The van der Waals surface area contributed by atoms with Gasteiger partial charge < -0.3 is 11.1 Å². The van der Waals surface area contributed by atoms with E-state index in [2.05, 4.69) is 24.4 Å². The molecule has 98 valence electrons. The average molecular weight is 246 g/mol. The monoisotopic (exact) mass is 246 g/mol. The lowest BCUT2D eigenvalue weighted by Crippen LogP contribution is -2.34. The van der Waals surface area contributed by atoms with Crippen molar-refractivity contribution in [1.82, 2.24) is 5.32 Å². The molecule has 0 aromatic heterocycles. The molecule has 0 atom stereocenters. The second kappa shape index (κ2) is 5.53. The van der Waals surface area contributed by atoms with Crippen LogP contribution in [0.3, 0.4) is 0 Å². The highest BCUT2D eigenvalue weighted by Gasteiger charge is 2.41. The van der Waals surface area contributed by atoms with Crippen molar-refractivity contribution >= 4 is 5.91 Å². The van der Waals surface area contributed by atoms with E-state index in [4.69, 9.17) is 5.73 Å². The SMILES string of the molecule is CCc1ccc(CC(=O)NCC2(CN)CC2)cc1. The fourth-order valence-corrected chi connectivity index (χ4v) is 2.06. The van der Waals surface area contributed by atoms with Gasteiger partial charge in [-0.3, -0.25) is 4.79 Å². The summed E-state index contributed by atoms with van der Waals surface area (Å²) < 4.78 is 0. The van der Waals surface area contributed by atoms with E-state index < -0.39 is 0 Å². The zero-order valence-electron chi connectivity index (χ0n) is 11.0. The van der Waals surface area contributed by atoms with Crippen LogP contribution in [-0.2, 0) is 17.6 Å². The van der Waals surface area contributed by atoms with Crippen molar-refractivity contribution in [1.29, 1.82) is 0 Å². The molecule has 1 aliphatic carbocycles. The van der Waals surface area contributed by atoms with Crippen LogP contribution in [0.25, 0.3) is 0 Å². The number of hydrogen-bond acceptors (Lipinski definition) is 2. The lowest BCUT2D eigenvalue weighted by atomic mass is 10.1. The van der Waals surface area contributed by atoms with Crippen LogP contribution < -0.4 is 11.1 Å². The second-order valence-corrected chi connectivity index (χ2v) is 5.33. The van der Waals surface area contributed by atoms with E-state index in [-0.39, 0.29) is 11.3 Å². The number of rotatable bonds is 6. The summed E-state index contributed by atoms with van der Waals surface area (Å²) >= 11 is 0. The maximum Gasteiger partial charge on any atom is 0.224 e. The van der Waals surface area contributed by atoms with E-state index in [0.717, 1.165) is 31.4 Å². The number of nitrogens with one attached hydrogen (secondary N) is 1. The van der Waals surface area contributed by atoms with Crippen molar-refractivity contribution in [2.45, 2.75) is 32.6 Å². The molecule has 3 N–H and O–H groups in total. The Balaban J connectivity index is 1.79. The van der Waals surface area contributed by atoms with Gasteiger partial charge in [0, 0.05) is 6.54 Å². The van der Waals surface area contributed by atoms with E-state index in [9.17, 15) is 4.79 Å². The smallest absolute Gasteiger partial charge is 0.224 e. The van der Waals surface area contributed by atoms with E-state index in [1.165, 1.54) is 5.56 Å². The molecule has 1 saturated carbocycles. The highest BCUT2D eigenvalue weighted by Crippen LogP contribution is 2.43. The first-order valence-electron chi connectivity index (χ1n) is 6.72. The van der Waals surface area contributed by atoms with Gasteiger partial charge in [-0.1, -0.05) is 31.2 Å². The fraction of sp³-hybridized carbons (Fsp3) is 0.533. The molecular formula is C15H22N2O. The minimum absolute atomic E-state index is 0.0963. The van der Waals surface area contributed by atoms with Crippen LogP contribution in [0.2, 0.25) is 0 Å². The molecule has 0 unspecified atom stereocenters. The van der Waals surface area contributed by atoms with E-state index in [0.29, 0.717) is 13.0 Å². The Labute approximate surface area is 109 Å². The Morgan fingerprint density at radius 3 is 2.39 bits per heavy atom. The van der Waals surface area contributed by atoms with E-state index in [1.54, 1.807) is 0 Å². The molecule has 0 radical (unpaired) electrons. The second-order valence-electron chi connectivity index (χ2n) is 5.33. The predicted molar refractivity (Wildman–Crippen MR) is 73.3 cm³/mol. The largest absolute Gasteiger partial charge is 0.355 e. The molecule has 1 aromatic carbocycles. The molecule has 1 fully saturated rings. The van der Waals surface area contributed by atoms with Crippen molar-refractivity contribution < 1.29 is 4.79 Å². The lowest BCUT2D eigenvalue weighted by Gasteiger charge is -2.13. The number of amides is 1. The maximum atomic E-state index is 11.8. The van der Waals surface area contributed by atoms with Gasteiger partial charge in [-0.25, -0.2) is 0 Å². The molecule has 1 aromatic rings. The summed E-state index contributed by atoms with van der Waals surface area (Å²) in [6.07, 6.45) is 3.79. The number of carbonyl (C=O) groups is 1. The van der Waals surface area contributed by atoms with Crippen molar-refractivity contribution in [2.75, 3.05) is 13.1 Å². The standard InChI is InChI=1S/C15H22N2O/c1-2-12-3-5-13(6-4-12)9-14(18)17-11-15(10-16)7-8-15/h3-6H,2,7-11,16H2,1H3,(H,17,18). The van der Waals surface area contributed by atoms with Gasteiger partial charge in [0.15, 0.2) is 0 Å². The van der Waals surface area contributed by atoms with Gasteiger partial charge in [0.2, 0.25) is 5.91 Å². The first-order valence-corrected chi connectivity index (χ1v) is 6.72. The zero-order chi connectivity index (χ0) is 13.0. The van der Waals surface area contributed by atoms with Gasteiger partial charge in [-0.15, -0.1) is 0 Å². The zero-order valence-corrected chi connectivity index (χ0v) is 11.0. The third kappa shape index (κ3) is 3.33. The molecule has 3 nitrogen and oxygen atoms in total. The number of nitrogens with two attached hydrogens (primary N) is 1. The van der Waals surface area contributed by atoms with E-state index >= 15 is 0 Å². The number of hydrogen-bond donors (Lipinski definition) is 2. The maximum absolute atomic E-state index is 11.8. The Hall–Kier alpha value is -1.35. The summed E-state index contributed by atoms with van der Waals surface area (Å²) in [5.41, 5.74) is 8.27. The summed E-state index contributed by atoms with van der Waals surface area (Å²) in [6.45, 7) is 3.54. The molecular weight excluding hydrogens is 224 g/mol. The highest BCUT2D eigenvalue weighted by atomic mass is 16.1. The highest BCUT2D eigenvalue weighted by molar-refractivity contribution is 5.78. The summed E-state index contributed by atoms with van der Waals surface area (Å²) in [5.74, 6) is 0.0963. The molecule has 0 bridgehead atoms. The van der Waals surface area contributed by atoms with Gasteiger partial charge in [-0.05, 0) is 42.3 Å². The Morgan fingerprint density at radius 2 is 1.89 bits per heavy atom. The molecule has 0 heterocycles. The molecule has 1 aliphatic rings. The third-order valence-corrected chi connectivity index (χ3v) is 3.85. The van der Waals surface area contributed by atoms with Gasteiger partial charge in [0.1, 0.15) is 0 Å². The van der Waals surface area contributed by atoms with Crippen LogP contribution in [0.4, 0.5) is 0 Å². The minimum Gasteiger partial charge on any atom is -0.355 e. The predicted octanol–water partition coefficient (Wildman–Crippen LogP) is 1.65.